The fraction of sp³-hybridized carbons (Fsp3) is 0.706. The number of hydrogen-bond acceptors (Lipinski definition) is 5. The average molecular weight is 334 g/mol. The number of nitrogens with one attached hydrogen (secondary N) is 2. The van der Waals surface area contributed by atoms with Crippen LogP contribution in [0.3, 0.4) is 0 Å². The van der Waals surface area contributed by atoms with Crippen molar-refractivity contribution in [3.8, 4) is 0 Å². The van der Waals surface area contributed by atoms with Crippen LogP contribution < -0.4 is 16.4 Å². The van der Waals surface area contributed by atoms with Gasteiger partial charge in [-0.3, -0.25) is 9.59 Å². The third-order valence-electron chi connectivity index (χ3n) is 4.85. The lowest BCUT2D eigenvalue weighted by Gasteiger charge is -2.28. The van der Waals surface area contributed by atoms with E-state index in [9.17, 15) is 9.59 Å². The number of carbonyl (C=O) groups excluding carboxylic acids is 2. The Kier molecular flexibility index (Phi) is 5.50. The molecule has 0 radical (unpaired) electrons. The Balaban J connectivity index is 1.41. The first kappa shape index (κ1) is 17.0. The highest BCUT2D eigenvalue weighted by Crippen LogP contribution is 2.40. The fourth-order valence-corrected chi connectivity index (χ4v) is 3.17. The molecule has 4 N–H and O–H groups in total. The molecule has 0 aromatic carbocycles. The standard InChI is InChI=1S/C17H26N4O3/c18-8-1-9-19-16(22)12-4-6-13(7-5-12)20-17(23)14-10-15(24-21-14)11-2-3-11/h10-13H,1-9,18H2,(H,19,22)(H,20,23). The minimum Gasteiger partial charge on any atom is -0.360 e. The molecule has 1 aromatic rings. The number of aromatic nitrogens is 1. The van der Waals surface area contributed by atoms with Gasteiger partial charge in [0.15, 0.2) is 5.69 Å². The Morgan fingerprint density at radius 3 is 2.62 bits per heavy atom. The minimum atomic E-state index is -0.179. The van der Waals surface area contributed by atoms with E-state index >= 15 is 0 Å². The molecule has 1 heterocycles. The minimum absolute atomic E-state index is 0.0458. The van der Waals surface area contributed by atoms with Gasteiger partial charge in [-0.15, -0.1) is 0 Å². The summed E-state index contributed by atoms with van der Waals surface area (Å²) in [6.07, 6.45) is 6.26. The van der Waals surface area contributed by atoms with Gasteiger partial charge in [-0.2, -0.15) is 0 Å². The normalized spacial score (nSPS) is 23.7. The maximum Gasteiger partial charge on any atom is 0.273 e. The Labute approximate surface area is 141 Å². The number of nitrogens with two attached hydrogens (primary N) is 1. The van der Waals surface area contributed by atoms with Crippen LogP contribution in [-0.2, 0) is 4.79 Å². The zero-order valence-electron chi connectivity index (χ0n) is 13.9. The predicted octanol–water partition coefficient (Wildman–Crippen LogP) is 1.31. The van der Waals surface area contributed by atoms with Crippen molar-refractivity contribution in [2.45, 2.75) is 56.9 Å². The molecule has 7 nitrogen and oxygen atoms in total. The zero-order chi connectivity index (χ0) is 16.9. The molecule has 2 amide bonds. The number of hydrogen-bond donors (Lipinski definition) is 3. The van der Waals surface area contributed by atoms with E-state index in [1.54, 1.807) is 6.07 Å². The number of nitrogens with zero attached hydrogens (tertiary/aromatic N) is 1. The van der Waals surface area contributed by atoms with Crippen LogP contribution in [0.1, 0.15) is 67.1 Å². The van der Waals surface area contributed by atoms with E-state index in [0.29, 0.717) is 24.7 Å². The lowest BCUT2D eigenvalue weighted by molar-refractivity contribution is -0.126. The third-order valence-corrected chi connectivity index (χ3v) is 4.85. The molecule has 2 aliphatic carbocycles. The van der Waals surface area contributed by atoms with Gasteiger partial charge in [-0.25, -0.2) is 0 Å². The van der Waals surface area contributed by atoms with Gasteiger partial charge in [-0.1, -0.05) is 5.16 Å². The molecule has 0 bridgehead atoms. The Morgan fingerprint density at radius 2 is 1.96 bits per heavy atom. The maximum atomic E-state index is 12.2. The molecular formula is C17H26N4O3. The van der Waals surface area contributed by atoms with Crippen molar-refractivity contribution in [2.24, 2.45) is 11.7 Å². The molecule has 0 spiro atoms. The molecule has 2 fully saturated rings. The lowest BCUT2D eigenvalue weighted by Crippen LogP contribution is -2.41. The van der Waals surface area contributed by atoms with Crippen LogP contribution in [0.2, 0.25) is 0 Å². The van der Waals surface area contributed by atoms with Gasteiger partial charge in [0.1, 0.15) is 5.76 Å². The third kappa shape index (κ3) is 4.35. The molecule has 0 aliphatic heterocycles. The first-order chi connectivity index (χ1) is 11.7. The van der Waals surface area contributed by atoms with Gasteiger partial charge in [0, 0.05) is 30.5 Å². The molecular weight excluding hydrogens is 308 g/mol. The van der Waals surface area contributed by atoms with E-state index in [4.69, 9.17) is 10.3 Å². The second-order valence-electron chi connectivity index (χ2n) is 6.84. The number of carbonyl (C=O) groups is 2. The fourth-order valence-electron chi connectivity index (χ4n) is 3.17. The predicted molar refractivity (Wildman–Crippen MR) is 88.4 cm³/mol. The zero-order valence-corrected chi connectivity index (χ0v) is 13.9. The van der Waals surface area contributed by atoms with Crippen LogP contribution >= 0.6 is 0 Å². The van der Waals surface area contributed by atoms with E-state index in [-0.39, 0.29) is 23.8 Å². The molecule has 0 atom stereocenters. The monoisotopic (exact) mass is 334 g/mol. The molecule has 7 heteroatoms. The van der Waals surface area contributed by atoms with E-state index in [0.717, 1.165) is 50.7 Å². The van der Waals surface area contributed by atoms with Crippen LogP contribution in [0.5, 0.6) is 0 Å². The Hall–Kier alpha value is -1.89. The molecule has 3 rings (SSSR count). The molecule has 1 aromatic heterocycles. The van der Waals surface area contributed by atoms with Crippen LogP contribution in [0.15, 0.2) is 10.6 Å². The van der Waals surface area contributed by atoms with Crippen molar-refractivity contribution in [1.82, 2.24) is 15.8 Å². The largest absolute Gasteiger partial charge is 0.360 e. The highest BCUT2D eigenvalue weighted by molar-refractivity contribution is 5.92. The summed E-state index contributed by atoms with van der Waals surface area (Å²) < 4.78 is 5.22. The van der Waals surface area contributed by atoms with Gasteiger partial charge in [0.05, 0.1) is 0 Å². The summed E-state index contributed by atoms with van der Waals surface area (Å²) in [7, 11) is 0. The van der Waals surface area contributed by atoms with Crippen molar-refractivity contribution in [2.75, 3.05) is 13.1 Å². The van der Waals surface area contributed by atoms with Crippen LogP contribution in [0.25, 0.3) is 0 Å². The van der Waals surface area contributed by atoms with Gasteiger partial charge in [-0.05, 0) is 51.5 Å². The van der Waals surface area contributed by atoms with Gasteiger partial charge < -0.3 is 20.9 Å². The first-order valence-electron chi connectivity index (χ1n) is 8.92. The van der Waals surface area contributed by atoms with Crippen LogP contribution in [0.4, 0.5) is 0 Å². The SMILES string of the molecule is NCCCNC(=O)C1CCC(NC(=O)c2cc(C3CC3)on2)CC1. The second kappa shape index (κ2) is 7.79. The number of rotatable bonds is 7. The smallest absolute Gasteiger partial charge is 0.273 e. The first-order valence-corrected chi connectivity index (χ1v) is 8.92. The quantitative estimate of drug-likeness (QED) is 0.651. The topological polar surface area (TPSA) is 110 Å². The van der Waals surface area contributed by atoms with E-state index in [1.807, 2.05) is 0 Å². The molecule has 0 unspecified atom stereocenters. The molecule has 2 aliphatic rings. The highest BCUT2D eigenvalue weighted by Gasteiger charge is 2.30. The highest BCUT2D eigenvalue weighted by atomic mass is 16.5. The van der Waals surface area contributed by atoms with Crippen molar-refractivity contribution in [3.63, 3.8) is 0 Å². The van der Waals surface area contributed by atoms with Gasteiger partial charge in [0.25, 0.3) is 5.91 Å². The lowest BCUT2D eigenvalue weighted by atomic mass is 9.85. The van der Waals surface area contributed by atoms with Crippen molar-refractivity contribution >= 4 is 11.8 Å². The van der Waals surface area contributed by atoms with Gasteiger partial charge in [0.2, 0.25) is 5.91 Å². The van der Waals surface area contributed by atoms with E-state index in [2.05, 4.69) is 15.8 Å². The molecule has 0 saturated heterocycles. The van der Waals surface area contributed by atoms with E-state index in [1.165, 1.54) is 0 Å². The van der Waals surface area contributed by atoms with Crippen LogP contribution in [-0.4, -0.2) is 36.1 Å². The molecule has 2 saturated carbocycles. The summed E-state index contributed by atoms with van der Waals surface area (Å²) in [4.78, 5) is 24.3. The maximum absolute atomic E-state index is 12.2. The Morgan fingerprint density at radius 1 is 1.21 bits per heavy atom. The summed E-state index contributed by atoms with van der Waals surface area (Å²) >= 11 is 0. The van der Waals surface area contributed by atoms with Gasteiger partial charge >= 0.3 is 0 Å². The number of amides is 2. The van der Waals surface area contributed by atoms with E-state index < -0.39 is 0 Å². The second-order valence-corrected chi connectivity index (χ2v) is 6.84. The molecule has 132 valence electrons. The van der Waals surface area contributed by atoms with Crippen molar-refractivity contribution in [3.05, 3.63) is 17.5 Å². The summed E-state index contributed by atoms with van der Waals surface area (Å²) in [5.41, 5.74) is 5.78. The van der Waals surface area contributed by atoms with Crippen molar-refractivity contribution in [1.29, 1.82) is 0 Å². The average Bonchev–Trinajstić information content (AvgIpc) is 3.32. The van der Waals surface area contributed by atoms with Crippen LogP contribution in [0, 0.1) is 5.92 Å². The summed E-state index contributed by atoms with van der Waals surface area (Å²) in [6.45, 7) is 1.23. The summed E-state index contributed by atoms with van der Waals surface area (Å²) in [5.74, 6) is 1.25. The summed E-state index contributed by atoms with van der Waals surface area (Å²) in [5, 5.41) is 9.80. The Bertz CT molecular complexity index is 574. The van der Waals surface area contributed by atoms with Crippen molar-refractivity contribution < 1.29 is 14.1 Å². The summed E-state index contributed by atoms with van der Waals surface area (Å²) in [6, 6.07) is 1.86. The molecule has 24 heavy (non-hydrogen) atoms.